The van der Waals surface area contributed by atoms with E-state index in [4.69, 9.17) is 14.7 Å². The summed E-state index contributed by atoms with van der Waals surface area (Å²) in [5.74, 6) is -1.11. The molecule has 3 aromatic heterocycles. The molecule has 218 valence electrons. The summed E-state index contributed by atoms with van der Waals surface area (Å²) in [5, 5.41) is 39.2. The number of anilines is 1. The number of imidazole rings is 1. The first kappa shape index (κ1) is 28.3. The normalized spacial score (nSPS) is 21.1. The number of phenols is 1. The van der Waals surface area contributed by atoms with Gasteiger partial charge in [0.15, 0.2) is 17.7 Å². The highest BCUT2D eigenvalue weighted by Crippen LogP contribution is 2.32. The third kappa shape index (κ3) is 5.81. The molecular formula is C23H27N9O8S. The Morgan fingerprint density at radius 1 is 1.22 bits per heavy atom. The standard InChI is InChI=1S/C23H27N9O8S/c1-11(2)7-12-8-32(30-28-12)23-26-19(24)16-20(27-23)31(10-25-16)22-18(35)17(34)15(40-22)9-39-41(37,38)29-21(36)13-5-3-4-6-14(13)33/h3-6,8,10-11,15,17-18,22,33-35H,7,9H2,1-2H3,(H,29,36)(H2,24,26,27)/t15-,17-,18-,22-/m0/s1. The average Bonchev–Trinajstić information content (AvgIpc) is 3.61. The Morgan fingerprint density at radius 2 is 1.98 bits per heavy atom. The van der Waals surface area contributed by atoms with Crippen LogP contribution in [0.1, 0.15) is 36.1 Å². The van der Waals surface area contributed by atoms with Crippen molar-refractivity contribution in [2.75, 3.05) is 12.3 Å². The summed E-state index contributed by atoms with van der Waals surface area (Å²) in [7, 11) is -4.68. The molecule has 41 heavy (non-hydrogen) atoms. The molecule has 0 bridgehead atoms. The molecule has 0 saturated carbocycles. The molecule has 0 spiro atoms. The van der Waals surface area contributed by atoms with E-state index in [1.807, 2.05) is 13.8 Å². The van der Waals surface area contributed by atoms with E-state index in [1.54, 1.807) is 10.9 Å². The minimum absolute atomic E-state index is 0.0175. The Morgan fingerprint density at radius 3 is 2.71 bits per heavy atom. The number of nitrogen functional groups attached to an aromatic ring is 1. The van der Waals surface area contributed by atoms with Gasteiger partial charge in [-0.3, -0.25) is 13.5 Å². The van der Waals surface area contributed by atoms with Gasteiger partial charge in [0.05, 0.1) is 30.4 Å². The monoisotopic (exact) mass is 589 g/mol. The van der Waals surface area contributed by atoms with Crippen molar-refractivity contribution in [1.82, 2.24) is 39.2 Å². The van der Waals surface area contributed by atoms with Crippen molar-refractivity contribution in [2.45, 2.75) is 44.8 Å². The number of benzene rings is 1. The predicted molar refractivity (Wildman–Crippen MR) is 140 cm³/mol. The maximum atomic E-state index is 12.3. The summed E-state index contributed by atoms with van der Waals surface area (Å²) in [6, 6.07) is 5.32. The molecule has 4 heterocycles. The lowest BCUT2D eigenvalue weighted by atomic mass is 10.1. The molecule has 1 aromatic carbocycles. The molecule has 0 unspecified atom stereocenters. The topological polar surface area (TPSA) is 243 Å². The van der Waals surface area contributed by atoms with Gasteiger partial charge in [0.2, 0.25) is 0 Å². The molecule has 1 aliphatic rings. The van der Waals surface area contributed by atoms with Crippen molar-refractivity contribution in [3.05, 3.63) is 48.0 Å². The van der Waals surface area contributed by atoms with Gasteiger partial charge in [-0.25, -0.2) is 9.71 Å². The van der Waals surface area contributed by atoms with E-state index in [9.17, 15) is 28.5 Å². The number of amides is 1. The second-order valence-corrected chi connectivity index (χ2v) is 11.1. The van der Waals surface area contributed by atoms with Gasteiger partial charge in [0.25, 0.3) is 11.9 Å². The molecule has 1 saturated heterocycles. The van der Waals surface area contributed by atoms with Crippen LogP contribution in [0.2, 0.25) is 0 Å². The van der Waals surface area contributed by atoms with Crippen LogP contribution in [0.5, 0.6) is 5.75 Å². The summed E-state index contributed by atoms with van der Waals surface area (Å²) in [6.07, 6.45) is -2.12. The number of ether oxygens (including phenoxy) is 1. The SMILES string of the molecule is CC(C)Cc1cn(-c2nc(N)c3ncn([C@H]4O[C@@H](COS(=O)(=O)NC(=O)c5ccccc5O)[C@H](O)[C@@H]4O)c3n2)nn1. The first-order valence-corrected chi connectivity index (χ1v) is 13.8. The van der Waals surface area contributed by atoms with Gasteiger partial charge in [-0.15, -0.1) is 5.10 Å². The molecule has 4 atom stereocenters. The van der Waals surface area contributed by atoms with Crippen molar-refractivity contribution < 1.29 is 37.5 Å². The van der Waals surface area contributed by atoms with Crippen molar-refractivity contribution in [3.8, 4) is 11.7 Å². The predicted octanol–water partition coefficient (Wildman–Crippen LogP) is -0.796. The molecule has 6 N–H and O–H groups in total. The first-order valence-electron chi connectivity index (χ1n) is 12.4. The van der Waals surface area contributed by atoms with E-state index in [0.717, 1.165) is 5.69 Å². The summed E-state index contributed by atoms with van der Waals surface area (Å²) >= 11 is 0. The molecule has 18 heteroatoms. The Kier molecular flexibility index (Phi) is 7.58. The Balaban J connectivity index is 1.32. The van der Waals surface area contributed by atoms with Gasteiger partial charge in [-0.05, 0) is 24.5 Å². The van der Waals surface area contributed by atoms with Gasteiger partial charge in [-0.1, -0.05) is 31.2 Å². The van der Waals surface area contributed by atoms with E-state index in [-0.39, 0.29) is 28.5 Å². The zero-order valence-electron chi connectivity index (χ0n) is 21.8. The smallest absolute Gasteiger partial charge is 0.362 e. The van der Waals surface area contributed by atoms with Gasteiger partial charge in [0.1, 0.15) is 29.6 Å². The molecule has 0 radical (unpaired) electrons. The Bertz CT molecular complexity index is 1690. The van der Waals surface area contributed by atoms with Crippen molar-refractivity contribution in [1.29, 1.82) is 0 Å². The number of carbonyl (C=O) groups is 1. The van der Waals surface area contributed by atoms with Crippen LogP contribution in [0.25, 0.3) is 17.1 Å². The lowest BCUT2D eigenvalue weighted by Crippen LogP contribution is -2.37. The zero-order chi connectivity index (χ0) is 29.5. The molecule has 1 amide bonds. The second-order valence-electron chi connectivity index (χ2n) is 9.72. The number of aromatic nitrogens is 7. The highest BCUT2D eigenvalue weighted by atomic mass is 32.2. The van der Waals surface area contributed by atoms with Gasteiger partial charge in [-0.2, -0.15) is 23.1 Å². The quantitative estimate of drug-likeness (QED) is 0.161. The summed E-state index contributed by atoms with van der Waals surface area (Å²) in [4.78, 5) is 25.1. The van der Waals surface area contributed by atoms with Crippen LogP contribution in [-0.2, 0) is 25.6 Å². The fourth-order valence-electron chi connectivity index (χ4n) is 4.24. The Labute approximate surface area is 232 Å². The third-order valence-corrected chi connectivity index (χ3v) is 7.05. The zero-order valence-corrected chi connectivity index (χ0v) is 22.6. The number of hydrogen-bond acceptors (Lipinski definition) is 14. The van der Waals surface area contributed by atoms with Gasteiger partial charge < -0.3 is 25.8 Å². The minimum Gasteiger partial charge on any atom is -0.507 e. The van der Waals surface area contributed by atoms with E-state index < -0.39 is 53.1 Å². The van der Waals surface area contributed by atoms with Crippen molar-refractivity contribution in [3.63, 3.8) is 0 Å². The number of hydrogen-bond donors (Lipinski definition) is 5. The number of nitrogens with zero attached hydrogens (tertiary/aromatic N) is 7. The van der Waals surface area contributed by atoms with Gasteiger partial charge in [0, 0.05) is 0 Å². The number of aliphatic hydroxyl groups excluding tert-OH is 2. The summed E-state index contributed by atoms with van der Waals surface area (Å²) < 4.78 is 39.5. The maximum Gasteiger partial charge on any atom is 0.362 e. The summed E-state index contributed by atoms with van der Waals surface area (Å²) in [6.45, 7) is 3.32. The van der Waals surface area contributed by atoms with Crippen LogP contribution >= 0.6 is 0 Å². The molecule has 5 rings (SSSR count). The van der Waals surface area contributed by atoms with Crippen molar-refractivity contribution in [2.24, 2.45) is 5.92 Å². The molecule has 1 aliphatic heterocycles. The lowest BCUT2D eigenvalue weighted by molar-refractivity contribution is -0.0468. The fourth-order valence-corrected chi connectivity index (χ4v) is 4.95. The second kappa shape index (κ2) is 11.0. The fraction of sp³-hybridized carbons (Fsp3) is 0.391. The van der Waals surface area contributed by atoms with Crippen LogP contribution < -0.4 is 10.5 Å². The Hall–Kier alpha value is -4.23. The number of fused-ring (bicyclic) bond motifs is 1. The lowest BCUT2D eigenvalue weighted by Gasteiger charge is -2.16. The number of aliphatic hydroxyl groups is 2. The number of nitrogens with one attached hydrogen (secondary N) is 1. The van der Waals surface area contributed by atoms with Crippen LogP contribution in [-0.4, -0.2) is 89.1 Å². The molecule has 0 aliphatic carbocycles. The van der Waals surface area contributed by atoms with E-state index >= 15 is 0 Å². The first-order chi connectivity index (χ1) is 19.4. The highest BCUT2D eigenvalue weighted by Gasteiger charge is 2.45. The van der Waals surface area contributed by atoms with Crippen LogP contribution in [0.3, 0.4) is 0 Å². The average molecular weight is 590 g/mol. The number of para-hydroxylation sites is 1. The molecular weight excluding hydrogens is 562 g/mol. The van der Waals surface area contributed by atoms with Crippen LogP contribution in [0.15, 0.2) is 36.8 Å². The number of carbonyl (C=O) groups excluding carboxylic acids is 1. The van der Waals surface area contributed by atoms with E-state index in [0.29, 0.717) is 12.3 Å². The van der Waals surface area contributed by atoms with E-state index in [2.05, 4.69) is 25.3 Å². The maximum absolute atomic E-state index is 12.3. The van der Waals surface area contributed by atoms with Crippen LogP contribution in [0.4, 0.5) is 5.82 Å². The highest BCUT2D eigenvalue weighted by molar-refractivity contribution is 7.85. The van der Waals surface area contributed by atoms with Crippen LogP contribution in [0, 0.1) is 5.92 Å². The van der Waals surface area contributed by atoms with Crippen molar-refractivity contribution >= 4 is 33.2 Å². The summed E-state index contributed by atoms with van der Waals surface area (Å²) in [5.41, 5.74) is 6.86. The van der Waals surface area contributed by atoms with Gasteiger partial charge >= 0.3 is 10.3 Å². The molecule has 4 aromatic rings. The van der Waals surface area contributed by atoms with E-state index in [1.165, 1.54) is 39.8 Å². The number of phenolic OH excluding ortho intramolecular Hbond substituents is 1. The number of nitrogens with two attached hydrogens (primary N) is 1. The largest absolute Gasteiger partial charge is 0.507 e. The minimum atomic E-state index is -4.68. The molecule has 1 fully saturated rings. The number of rotatable bonds is 9. The third-order valence-electron chi connectivity index (χ3n) is 6.16. The number of aromatic hydroxyl groups is 1. The molecule has 17 nitrogen and oxygen atoms in total.